The van der Waals surface area contributed by atoms with E-state index in [2.05, 4.69) is 56.1 Å². The minimum absolute atomic E-state index is 0.0334. The minimum Gasteiger partial charge on any atom is -0.352 e. The molecule has 146 valence electrons. The first-order valence-electron chi connectivity index (χ1n) is 9.72. The molecule has 0 radical (unpaired) electrons. The second-order valence-electron chi connectivity index (χ2n) is 6.95. The maximum Gasteiger partial charge on any atom is 0.251 e. The Labute approximate surface area is 178 Å². The first-order chi connectivity index (χ1) is 14.2. The quantitative estimate of drug-likeness (QED) is 0.395. The van der Waals surface area contributed by atoms with Crippen LogP contribution in [0.1, 0.15) is 28.2 Å². The van der Waals surface area contributed by atoms with E-state index in [1.54, 1.807) is 0 Å². The molecule has 0 unspecified atom stereocenters. The molecule has 5 heteroatoms. The number of imidazole rings is 1. The Kier molecular flexibility index (Phi) is 6.06. The summed E-state index contributed by atoms with van der Waals surface area (Å²) >= 11 is 3.49. The van der Waals surface area contributed by atoms with Crippen LogP contribution in [0.15, 0.2) is 83.3 Å². The molecule has 0 spiro atoms. The van der Waals surface area contributed by atoms with Crippen LogP contribution in [0.2, 0.25) is 0 Å². The third-order valence-corrected chi connectivity index (χ3v) is 5.41. The number of para-hydroxylation sites is 2. The Bertz CT molecular complexity index is 1100. The second-order valence-corrected chi connectivity index (χ2v) is 7.87. The average Bonchev–Trinajstić information content (AvgIpc) is 3.10. The van der Waals surface area contributed by atoms with Crippen LogP contribution in [0.5, 0.6) is 0 Å². The lowest BCUT2D eigenvalue weighted by Crippen LogP contribution is -2.24. The molecule has 0 saturated heterocycles. The van der Waals surface area contributed by atoms with E-state index in [9.17, 15) is 4.79 Å². The standard InChI is InChI=1S/C24H22BrN3O/c25-20-14-12-18(13-15-20)17-28-22-10-5-4-9-21(22)27-23(28)11-6-16-26-24(29)19-7-2-1-3-8-19/h1-5,7-10,12-15H,6,11,16-17H2,(H,26,29). The van der Waals surface area contributed by atoms with Crippen LogP contribution in [-0.2, 0) is 13.0 Å². The summed E-state index contributed by atoms with van der Waals surface area (Å²) < 4.78 is 3.35. The number of hydrogen-bond acceptors (Lipinski definition) is 2. The Morgan fingerprint density at radius 1 is 0.931 bits per heavy atom. The number of aromatic nitrogens is 2. The van der Waals surface area contributed by atoms with Crippen LogP contribution >= 0.6 is 15.9 Å². The Morgan fingerprint density at radius 3 is 2.45 bits per heavy atom. The molecule has 0 aliphatic heterocycles. The summed E-state index contributed by atoms with van der Waals surface area (Å²) in [5, 5.41) is 3.00. The van der Waals surface area contributed by atoms with E-state index < -0.39 is 0 Å². The van der Waals surface area contributed by atoms with Gasteiger partial charge in [-0.3, -0.25) is 4.79 Å². The van der Waals surface area contributed by atoms with Crippen LogP contribution in [0.4, 0.5) is 0 Å². The highest BCUT2D eigenvalue weighted by Crippen LogP contribution is 2.20. The lowest BCUT2D eigenvalue weighted by molar-refractivity contribution is 0.0953. The number of amides is 1. The van der Waals surface area contributed by atoms with E-state index in [1.807, 2.05) is 48.5 Å². The van der Waals surface area contributed by atoms with E-state index in [0.717, 1.165) is 40.7 Å². The molecule has 0 bridgehead atoms. The van der Waals surface area contributed by atoms with Gasteiger partial charge in [-0.25, -0.2) is 4.98 Å². The molecule has 0 aliphatic rings. The third kappa shape index (κ3) is 4.74. The van der Waals surface area contributed by atoms with E-state index in [1.165, 1.54) is 5.56 Å². The van der Waals surface area contributed by atoms with Crippen molar-refractivity contribution in [3.63, 3.8) is 0 Å². The summed E-state index contributed by atoms with van der Waals surface area (Å²) in [4.78, 5) is 17.0. The van der Waals surface area contributed by atoms with Crippen LogP contribution in [0.3, 0.4) is 0 Å². The van der Waals surface area contributed by atoms with Gasteiger partial charge in [-0.2, -0.15) is 0 Å². The van der Waals surface area contributed by atoms with Crippen molar-refractivity contribution >= 4 is 32.9 Å². The molecule has 0 atom stereocenters. The number of carbonyl (C=O) groups is 1. The summed E-state index contributed by atoms with van der Waals surface area (Å²) in [5.41, 5.74) is 4.07. The topological polar surface area (TPSA) is 46.9 Å². The lowest BCUT2D eigenvalue weighted by Gasteiger charge is -2.10. The summed E-state index contributed by atoms with van der Waals surface area (Å²) in [7, 11) is 0. The van der Waals surface area contributed by atoms with Gasteiger partial charge < -0.3 is 9.88 Å². The van der Waals surface area contributed by atoms with Gasteiger partial charge in [0.2, 0.25) is 0 Å². The van der Waals surface area contributed by atoms with E-state index >= 15 is 0 Å². The molecular formula is C24H22BrN3O. The number of hydrogen-bond donors (Lipinski definition) is 1. The van der Waals surface area contributed by atoms with Gasteiger partial charge in [0.05, 0.1) is 11.0 Å². The predicted octanol–water partition coefficient (Wildman–Crippen LogP) is 5.21. The molecular weight excluding hydrogens is 426 g/mol. The smallest absolute Gasteiger partial charge is 0.251 e. The first kappa shape index (κ1) is 19.4. The van der Waals surface area contributed by atoms with Crippen molar-refractivity contribution < 1.29 is 4.79 Å². The molecule has 29 heavy (non-hydrogen) atoms. The monoisotopic (exact) mass is 447 g/mol. The largest absolute Gasteiger partial charge is 0.352 e. The van der Waals surface area contributed by atoms with Gasteiger partial charge in [0.15, 0.2) is 0 Å². The molecule has 1 aromatic heterocycles. The number of carbonyl (C=O) groups excluding carboxylic acids is 1. The van der Waals surface area contributed by atoms with Gasteiger partial charge in [-0.15, -0.1) is 0 Å². The minimum atomic E-state index is -0.0334. The molecule has 4 aromatic rings. The number of nitrogens with one attached hydrogen (secondary N) is 1. The van der Waals surface area contributed by atoms with Crippen LogP contribution in [0, 0.1) is 0 Å². The Hall–Kier alpha value is -2.92. The van der Waals surface area contributed by atoms with Crippen molar-refractivity contribution in [2.75, 3.05) is 6.54 Å². The molecule has 0 aliphatic carbocycles. The maximum absolute atomic E-state index is 12.2. The van der Waals surface area contributed by atoms with Crippen molar-refractivity contribution in [1.29, 1.82) is 0 Å². The fourth-order valence-corrected chi connectivity index (χ4v) is 3.67. The highest BCUT2D eigenvalue weighted by Gasteiger charge is 2.11. The van der Waals surface area contributed by atoms with Gasteiger partial charge in [0.25, 0.3) is 5.91 Å². The maximum atomic E-state index is 12.2. The van der Waals surface area contributed by atoms with E-state index in [0.29, 0.717) is 12.1 Å². The Balaban J connectivity index is 1.45. The summed E-state index contributed by atoms with van der Waals surface area (Å²) in [6.45, 7) is 1.40. The molecule has 1 heterocycles. The van der Waals surface area contributed by atoms with Crippen molar-refractivity contribution in [3.05, 3.63) is 100 Å². The van der Waals surface area contributed by atoms with E-state index in [4.69, 9.17) is 4.98 Å². The highest BCUT2D eigenvalue weighted by atomic mass is 79.9. The number of nitrogens with zero attached hydrogens (tertiary/aromatic N) is 2. The fourth-order valence-electron chi connectivity index (χ4n) is 3.41. The van der Waals surface area contributed by atoms with E-state index in [-0.39, 0.29) is 5.91 Å². The number of aryl methyl sites for hydroxylation is 1. The molecule has 0 fully saturated rings. The summed E-state index contributed by atoms with van der Waals surface area (Å²) in [6.07, 6.45) is 1.64. The summed E-state index contributed by atoms with van der Waals surface area (Å²) in [6, 6.07) is 25.9. The highest BCUT2D eigenvalue weighted by molar-refractivity contribution is 9.10. The van der Waals surface area contributed by atoms with Gasteiger partial charge in [-0.1, -0.05) is 58.4 Å². The second kappa shape index (κ2) is 9.05. The zero-order valence-electron chi connectivity index (χ0n) is 16.0. The lowest BCUT2D eigenvalue weighted by atomic mass is 10.2. The fraction of sp³-hybridized carbons (Fsp3) is 0.167. The molecule has 4 rings (SSSR count). The van der Waals surface area contributed by atoms with Crippen molar-refractivity contribution in [1.82, 2.24) is 14.9 Å². The Morgan fingerprint density at radius 2 is 1.66 bits per heavy atom. The number of rotatable bonds is 7. The molecule has 3 aromatic carbocycles. The third-order valence-electron chi connectivity index (χ3n) is 4.89. The number of fused-ring (bicyclic) bond motifs is 1. The predicted molar refractivity (Wildman–Crippen MR) is 120 cm³/mol. The van der Waals surface area contributed by atoms with Crippen LogP contribution in [0.25, 0.3) is 11.0 Å². The van der Waals surface area contributed by atoms with Crippen molar-refractivity contribution in [3.8, 4) is 0 Å². The van der Waals surface area contributed by atoms with Crippen LogP contribution in [-0.4, -0.2) is 22.0 Å². The SMILES string of the molecule is O=C(NCCCc1nc2ccccc2n1Cc1ccc(Br)cc1)c1ccccc1. The van der Waals surface area contributed by atoms with Crippen molar-refractivity contribution in [2.45, 2.75) is 19.4 Å². The number of halogens is 1. The zero-order chi connectivity index (χ0) is 20.1. The normalized spacial score (nSPS) is 10.9. The molecule has 1 N–H and O–H groups in total. The van der Waals surface area contributed by atoms with Gasteiger partial charge in [0, 0.05) is 29.5 Å². The van der Waals surface area contributed by atoms with Gasteiger partial charge in [0.1, 0.15) is 5.82 Å². The average molecular weight is 448 g/mol. The zero-order valence-corrected chi connectivity index (χ0v) is 17.6. The molecule has 0 saturated carbocycles. The van der Waals surface area contributed by atoms with Gasteiger partial charge in [-0.05, 0) is 48.4 Å². The molecule has 1 amide bonds. The summed E-state index contributed by atoms with van der Waals surface area (Å²) in [5.74, 6) is 1.01. The van der Waals surface area contributed by atoms with Crippen LogP contribution < -0.4 is 5.32 Å². The van der Waals surface area contributed by atoms with Crippen molar-refractivity contribution in [2.24, 2.45) is 0 Å². The number of benzene rings is 3. The van der Waals surface area contributed by atoms with Gasteiger partial charge >= 0.3 is 0 Å². The first-order valence-corrected chi connectivity index (χ1v) is 10.5. The molecule has 4 nitrogen and oxygen atoms in total.